The van der Waals surface area contributed by atoms with Crippen LogP contribution >= 0.6 is 0 Å². The Morgan fingerprint density at radius 3 is 2.16 bits per heavy atom. The first-order valence-electron chi connectivity index (χ1n) is 7.31. The zero-order valence-electron chi connectivity index (χ0n) is 13.2. The van der Waals surface area contributed by atoms with Crippen LogP contribution in [0.25, 0.3) is 0 Å². The average Bonchev–Trinajstić information content (AvgIpc) is 2.39. The molecular formula is C17H29NO. The zero-order chi connectivity index (χ0) is 14.5. The molecule has 108 valence electrons. The van der Waals surface area contributed by atoms with Gasteiger partial charge in [0.2, 0.25) is 0 Å². The molecule has 0 heterocycles. The first-order valence-corrected chi connectivity index (χ1v) is 7.31. The van der Waals surface area contributed by atoms with Crippen molar-refractivity contribution in [3.05, 3.63) is 35.9 Å². The maximum atomic E-state index is 6.39. The van der Waals surface area contributed by atoms with Crippen molar-refractivity contribution in [1.29, 1.82) is 0 Å². The Morgan fingerprint density at radius 2 is 1.74 bits per heavy atom. The van der Waals surface area contributed by atoms with Gasteiger partial charge in [-0.2, -0.15) is 0 Å². The number of likely N-dealkylation sites (N-methyl/N-ethyl adjacent to an activating group) is 1. The van der Waals surface area contributed by atoms with Gasteiger partial charge in [-0.1, -0.05) is 51.1 Å². The van der Waals surface area contributed by atoms with Crippen LogP contribution in [0.5, 0.6) is 0 Å². The van der Waals surface area contributed by atoms with E-state index in [0.717, 1.165) is 6.42 Å². The zero-order valence-corrected chi connectivity index (χ0v) is 13.2. The highest BCUT2D eigenvalue weighted by atomic mass is 16.5. The van der Waals surface area contributed by atoms with E-state index < -0.39 is 0 Å². The van der Waals surface area contributed by atoms with E-state index >= 15 is 0 Å². The molecule has 0 amide bonds. The molecule has 0 aliphatic rings. The summed E-state index contributed by atoms with van der Waals surface area (Å²) in [5, 5.41) is 3.42. The topological polar surface area (TPSA) is 21.3 Å². The van der Waals surface area contributed by atoms with E-state index in [-0.39, 0.29) is 17.7 Å². The highest BCUT2D eigenvalue weighted by molar-refractivity contribution is 5.20. The van der Waals surface area contributed by atoms with Crippen LogP contribution in [0.3, 0.4) is 0 Å². The molecule has 0 aliphatic carbocycles. The van der Waals surface area contributed by atoms with Crippen LogP contribution in [-0.2, 0) is 4.74 Å². The third-order valence-corrected chi connectivity index (χ3v) is 3.76. The second-order valence-electron chi connectivity index (χ2n) is 6.12. The predicted molar refractivity (Wildman–Crippen MR) is 82.3 cm³/mol. The number of hydrogen-bond donors (Lipinski definition) is 1. The summed E-state index contributed by atoms with van der Waals surface area (Å²) < 4.78 is 6.39. The van der Waals surface area contributed by atoms with Gasteiger partial charge >= 0.3 is 0 Å². The number of ether oxygens (including phenoxy) is 1. The molecule has 0 aromatic heterocycles. The van der Waals surface area contributed by atoms with Crippen molar-refractivity contribution in [3.63, 3.8) is 0 Å². The van der Waals surface area contributed by atoms with Crippen molar-refractivity contribution < 1.29 is 4.74 Å². The maximum absolute atomic E-state index is 6.39. The first kappa shape index (κ1) is 16.2. The molecule has 1 aromatic rings. The summed E-state index contributed by atoms with van der Waals surface area (Å²) >= 11 is 0. The summed E-state index contributed by atoms with van der Waals surface area (Å²) in [5.74, 6) is 0.462. The van der Waals surface area contributed by atoms with Crippen LogP contribution in [0, 0.1) is 5.92 Å². The standard InChI is InChI=1S/C17H29NO/c1-7-17(4,5)19-16(13(2)3)15(18-6)14-11-9-8-10-12-14/h8-13,15-16,18H,7H2,1-6H3. The molecule has 2 heteroatoms. The fourth-order valence-corrected chi connectivity index (χ4v) is 2.22. The van der Waals surface area contributed by atoms with Gasteiger partial charge in [-0.05, 0) is 38.8 Å². The highest BCUT2D eigenvalue weighted by Crippen LogP contribution is 2.29. The Kier molecular flexibility index (Phi) is 6.02. The van der Waals surface area contributed by atoms with Crippen molar-refractivity contribution in [2.24, 2.45) is 5.92 Å². The lowest BCUT2D eigenvalue weighted by atomic mass is 9.92. The summed E-state index contributed by atoms with van der Waals surface area (Å²) in [6.07, 6.45) is 1.18. The van der Waals surface area contributed by atoms with Crippen molar-refractivity contribution in [2.45, 2.75) is 58.8 Å². The molecule has 0 saturated carbocycles. The lowest BCUT2D eigenvalue weighted by Crippen LogP contribution is -2.41. The largest absolute Gasteiger partial charge is 0.370 e. The van der Waals surface area contributed by atoms with Gasteiger partial charge < -0.3 is 10.1 Å². The molecule has 1 N–H and O–H groups in total. The molecule has 0 fully saturated rings. The summed E-state index contributed by atoms with van der Waals surface area (Å²) in [5.41, 5.74) is 1.20. The van der Waals surface area contributed by atoms with Crippen molar-refractivity contribution >= 4 is 0 Å². The minimum absolute atomic E-state index is 0.0845. The molecule has 0 bridgehead atoms. The molecule has 0 aliphatic heterocycles. The van der Waals surface area contributed by atoms with Gasteiger partial charge in [-0.25, -0.2) is 0 Å². The second kappa shape index (κ2) is 7.06. The van der Waals surface area contributed by atoms with Crippen LogP contribution < -0.4 is 5.32 Å². The molecule has 0 radical (unpaired) electrons. The Labute approximate surface area is 118 Å². The molecule has 0 saturated heterocycles. The van der Waals surface area contributed by atoms with Crippen molar-refractivity contribution in [2.75, 3.05) is 7.05 Å². The molecule has 2 unspecified atom stereocenters. The lowest BCUT2D eigenvalue weighted by Gasteiger charge is -2.37. The van der Waals surface area contributed by atoms with Gasteiger partial charge in [0.25, 0.3) is 0 Å². The van der Waals surface area contributed by atoms with Crippen LogP contribution in [0.4, 0.5) is 0 Å². The van der Waals surface area contributed by atoms with E-state index in [0.29, 0.717) is 5.92 Å². The van der Waals surface area contributed by atoms with E-state index in [9.17, 15) is 0 Å². The summed E-state index contributed by atoms with van der Waals surface area (Å²) in [6, 6.07) is 10.8. The van der Waals surface area contributed by atoms with Crippen molar-refractivity contribution in [3.8, 4) is 0 Å². The van der Waals surface area contributed by atoms with E-state index in [1.807, 2.05) is 7.05 Å². The van der Waals surface area contributed by atoms with Gasteiger partial charge in [-0.3, -0.25) is 0 Å². The third kappa shape index (κ3) is 4.63. The van der Waals surface area contributed by atoms with Crippen molar-refractivity contribution in [1.82, 2.24) is 5.32 Å². The fraction of sp³-hybridized carbons (Fsp3) is 0.647. The van der Waals surface area contributed by atoms with Gasteiger partial charge in [0, 0.05) is 0 Å². The fourth-order valence-electron chi connectivity index (χ4n) is 2.22. The van der Waals surface area contributed by atoms with Gasteiger partial charge in [0.1, 0.15) is 0 Å². The van der Waals surface area contributed by atoms with E-state index in [2.05, 4.69) is 70.3 Å². The molecule has 1 rings (SSSR count). The third-order valence-electron chi connectivity index (χ3n) is 3.76. The quantitative estimate of drug-likeness (QED) is 0.797. The Hall–Kier alpha value is -0.860. The lowest BCUT2D eigenvalue weighted by molar-refractivity contribution is -0.106. The summed E-state index contributed by atoms with van der Waals surface area (Å²) in [7, 11) is 2.01. The molecule has 2 nitrogen and oxygen atoms in total. The summed E-state index contributed by atoms with van der Waals surface area (Å²) in [4.78, 5) is 0. The van der Waals surface area contributed by atoms with Gasteiger partial charge in [-0.15, -0.1) is 0 Å². The number of nitrogens with one attached hydrogen (secondary N) is 1. The summed E-state index contributed by atoms with van der Waals surface area (Å²) in [6.45, 7) is 11.0. The number of rotatable bonds is 7. The van der Waals surface area contributed by atoms with Gasteiger partial charge in [0.05, 0.1) is 17.7 Å². The molecule has 2 atom stereocenters. The number of benzene rings is 1. The van der Waals surface area contributed by atoms with Crippen LogP contribution in [0.2, 0.25) is 0 Å². The number of hydrogen-bond acceptors (Lipinski definition) is 2. The minimum atomic E-state index is -0.0845. The van der Waals surface area contributed by atoms with Crippen LogP contribution in [0.1, 0.15) is 52.6 Å². The highest BCUT2D eigenvalue weighted by Gasteiger charge is 2.30. The first-order chi connectivity index (χ1) is 8.91. The monoisotopic (exact) mass is 263 g/mol. The Bertz CT molecular complexity index is 359. The normalized spacial score (nSPS) is 15.5. The smallest absolute Gasteiger partial charge is 0.0799 e. The molecular weight excluding hydrogens is 234 g/mol. The maximum Gasteiger partial charge on any atom is 0.0799 e. The predicted octanol–water partition coefficient (Wildman–Crippen LogP) is 4.18. The van der Waals surface area contributed by atoms with E-state index in [1.54, 1.807) is 0 Å². The Balaban J connectivity index is 2.96. The van der Waals surface area contributed by atoms with Crippen LogP contribution in [0.15, 0.2) is 30.3 Å². The molecule has 0 spiro atoms. The second-order valence-corrected chi connectivity index (χ2v) is 6.12. The SMILES string of the molecule is CCC(C)(C)OC(C(C)C)C(NC)c1ccccc1. The Morgan fingerprint density at radius 1 is 1.16 bits per heavy atom. The molecule has 19 heavy (non-hydrogen) atoms. The van der Waals surface area contributed by atoms with E-state index in [4.69, 9.17) is 4.74 Å². The van der Waals surface area contributed by atoms with Gasteiger partial charge in [0.15, 0.2) is 0 Å². The van der Waals surface area contributed by atoms with E-state index in [1.165, 1.54) is 5.56 Å². The molecule has 1 aromatic carbocycles. The van der Waals surface area contributed by atoms with Crippen LogP contribution in [-0.4, -0.2) is 18.8 Å². The average molecular weight is 263 g/mol. The minimum Gasteiger partial charge on any atom is -0.370 e.